The predicted octanol–water partition coefficient (Wildman–Crippen LogP) is 2.00. The fourth-order valence-corrected chi connectivity index (χ4v) is 1.94. The maximum Gasteiger partial charge on any atom is 0.0967 e. The van der Waals surface area contributed by atoms with E-state index in [4.69, 9.17) is 5.26 Å². The number of hydrogen-bond donors (Lipinski definition) is 1. The standard InChI is InChI=1S/C13H25N3/c1-4-16(10-12-5-6-12)8-7-13(9-14)15-11(2)3/h11-13,15H,4-8,10H2,1-3H3. The van der Waals surface area contributed by atoms with E-state index in [9.17, 15) is 0 Å². The van der Waals surface area contributed by atoms with Gasteiger partial charge in [0.25, 0.3) is 0 Å². The summed E-state index contributed by atoms with van der Waals surface area (Å²) in [6.07, 6.45) is 3.75. The molecule has 0 aromatic carbocycles. The molecule has 0 saturated heterocycles. The van der Waals surface area contributed by atoms with Crippen LogP contribution in [0.1, 0.15) is 40.0 Å². The summed E-state index contributed by atoms with van der Waals surface area (Å²) in [6, 6.07) is 2.74. The topological polar surface area (TPSA) is 39.1 Å². The maximum absolute atomic E-state index is 9.02. The molecule has 0 heterocycles. The zero-order chi connectivity index (χ0) is 12.0. The Morgan fingerprint density at radius 1 is 1.44 bits per heavy atom. The Kier molecular flexibility index (Phi) is 5.79. The van der Waals surface area contributed by atoms with Crippen LogP contribution in [0.25, 0.3) is 0 Å². The second-order valence-electron chi connectivity index (χ2n) is 5.13. The summed E-state index contributed by atoms with van der Waals surface area (Å²) in [4.78, 5) is 2.48. The van der Waals surface area contributed by atoms with Gasteiger partial charge in [0, 0.05) is 19.1 Å². The van der Waals surface area contributed by atoms with Crippen LogP contribution in [0.4, 0.5) is 0 Å². The molecule has 1 aliphatic rings. The van der Waals surface area contributed by atoms with Crippen molar-refractivity contribution in [2.75, 3.05) is 19.6 Å². The van der Waals surface area contributed by atoms with Gasteiger partial charge in [-0.3, -0.25) is 5.32 Å². The predicted molar refractivity (Wildman–Crippen MR) is 67.1 cm³/mol. The highest BCUT2D eigenvalue weighted by Gasteiger charge is 2.23. The lowest BCUT2D eigenvalue weighted by atomic mass is 10.2. The minimum absolute atomic E-state index is 0.00764. The van der Waals surface area contributed by atoms with E-state index in [0.717, 1.165) is 25.4 Å². The summed E-state index contributed by atoms with van der Waals surface area (Å²) >= 11 is 0. The highest BCUT2D eigenvalue weighted by atomic mass is 15.1. The molecule has 1 unspecified atom stereocenters. The molecule has 0 aromatic rings. The summed E-state index contributed by atoms with van der Waals surface area (Å²) in [5.41, 5.74) is 0. The fraction of sp³-hybridized carbons (Fsp3) is 0.923. The third-order valence-corrected chi connectivity index (χ3v) is 3.08. The highest BCUT2D eigenvalue weighted by Crippen LogP contribution is 2.29. The van der Waals surface area contributed by atoms with E-state index in [2.05, 4.69) is 37.1 Å². The van der Waals surface area contributed by atoms with E-state index < -0.39 is 0 Å². The van der Waals surface area contributed by atoms with E-state index in [-0.39, 0.29) is 6.04 Å². The molecule has 1 aliphatic carbocycles. The van der Waals surface area contributed by atoms with Crippen LogP contribution in [0.3, 0.4) is 0 Å². The molecule has 0 bridgehead atoms. The first kappa shape index (κ1) is 13.5. The Hall–Kier alpha value is -0.590. The van der Waals surface area contributed by atoms with Crippen molar-refractivity contribution in [3.63, 3.8) is 0 Å². The number of nitriles is 1. The first-order chi connectivity index (χ1) is 7.65. The van der Waals surface area contributed by atoms with E-state index in [1.807, 2.05) is 0 Å². The SMILES string of the molecule is CCN(CCC(C#N)NC(C)C)CC1CC1. The summed E-state index contributed by atoms with van der Waals surface area (Å²) in [6.45, 7) is 9.77. The molecule has 0 radical (unpaired) electrons. The highest BCUT2D eigenvalue weighted by molar-refractivity contribution is 4.91. The van der Waals surface area contributed by atoms with Crippen LogP contribution in [-0.4, -0.2) is 36.6 Å². The van der Waals surface area contributed by atoms with Crippen LogP contribution in [0.15, 0.2) is 0 Å². The smallest absolute Gasteiger partial charge is 0.0967 e. The molecule has 16 heavy (non-hydrogen) atoms. The van der Waals surface area contributed by atoms with Crippen LogP contribution in [-0.2, 0) is 0 Å². The average Bonchev–Trinajstić information content (AvgIpc) is 3.05. The minimum atomic E-state index is 0.00764. The van der Waals surface area contributed by atoms with Gasteiger partial charge in [0.2, 0.25) is 0 Å². The van der Waals surface area contributed by atoms with Crippen molar-refractivity contribution < 1.29 is 0 Å². The number of nitrogens with zero attached hydrogens (tertiary/aromatic N) is 2. The zero-order valence-corrected chi connectivity index (χ0v) is 10.9. The summed E-state index contributed by atoms with van der Waals surface area (Å²) < 4.78 is 0. The van der Waals surface area contributed by atoms with Gasteiger partial charge in [-0.15, -0.1) is 0 Å². The molecule has 1 rings (SSSR count). The van der Waals surface area contributed by atoms with Crippen LogP contribution in [0, 0.1) is 17.2 Å². The van der Waals surface area contributed by atoms with Crippen LogP contribution in [0.2, 0.25) is 0 Å². The van der Waals surface area contributed by atoms with Gasteiger partial charge in [0.15, 0.2) is 0 Å². The molecule has 0 amide bonds. The number of nitrogens with one attached hydrogen (secondary N) is 1. The summed E-state index contributed by atoms with van der Waals surface area (Å²) in [5.74, 6) is 0.943. The largest absolute Gasteiger partial charge is 0.303 e. The number of rotatable bonds is 8. The lowest BCUT2D eigenvalue weighted by Crippen LogP contribution is -2.37. The van der Waals surface area contributed by atoms with E-state index >= 15 is 0 Å². The molecule has 1 atom stereocenters. The van der Waals surface area contributed by atoms with Gasteiger partial charge in [-0.1, -0.05) is 6.92 Å². The Labute approximate surface area is 99.8 Å². The van der Waals surface area contributed by atoms with Crippen molar-refractivity contribution in [1.82, 2.24) is 10.2 Å². The van der Waals surface area contributed by atoms with E-state index in [1.165, 1.54) is 19.4 Å². The normalized spacial score (nSPS) is 17.8. The lowest BCUT2D eigenvalue weighted by Gasteiger charge is -2.22. The molecule has 0 aromatic heterocycles. The van der Waals surface area contributed by atoms with Gasteiger partial charge in [-0.05, 0) is 45.6 Å². The molecule has 1 saturated carbocycles. The van der Waals surface area contributed by atoms with Gasteiger partial charge in [-0.25, -0.2) is 0 Å². The van der Waals surface area contributed by atoms with Crippen molar-refractivity contribution in [1.29, 1.82) is 5.26 Å². The molecule has 1 fully saturated rings. The van der Waals surface area contributed by atoms with Crippen LogP contribution < -0.4 is 5.32 Å². The first-order valence-corrected chi connectivity index (χ1v) is 6.53. The minimum Gasteiger partial charge on any atom is -0.303 e. The second-order valence-corrected chi connectivity index (χ2v) is 5.13. The van der Waals surface area contributed by atoms with Crippen molar-refractivity contribution in [3.05, 3.63) is 0 Å². The first-order valence-electron chi connectivity index (χ1n) is 6.53. The second kappa shape index (κ2) is 6.88. The molecular formula is C13H25N3. The molecule has 1 N–H and O–H groups in total. The van der Waals surface area contributed by atoms with Crippen molar-refractivity contribution in [2.24, 2.45) is 5.92 Å². The summed E-state index contributed by atoms with van der Waals surface area (Å²) in [5, 5.41) is 12.3. The Morgan fingerprint density at radius 2 is 2.12 bits per heavy atom. The third kappa shape index (κ3) is 5.48. The third-order valence-electron chi connectivity index (χ3n) is 3.08. The van der Waals surface area contributed by atoms with E-state index in [1.54, 1.807) is 0 Å². The van der Waals surface area contributed by atoms with Crippen molar-refractivity contribution >= 4 is 0 Å². The van der Waals surface area contributed by atoms with Gasteiger partial charge >= 0.3 is 0 Å². The van der Waals surface area contributed by atoms with Gasteiger partial charge in [-0.2, -0.15) is 5.26 Å². The molecule has 3 heteroatoms. The molecular weight excluding hydrogens is 198 g/mol. The summed E-state index contributed by atoms with van der Waals surface area (Å²) in [7, 11) is 0. The zero-order valence-electron chi connectivity index (χ0n) is 10.9. The average molecular weight is 223 g/mol. The monoisotopic (exact) mass is 223 g/mol. The molecule has 0 aliphatic heterocycles. The molecule has 0 spiro atoms. The molecule has 92 valence electrons. The quantitative estimate of drug-likeness (QED) is 0.684. The van der Waals surface area contributed by atoms with E-state index in [0.29, 0.717) is 6.04 Å². The maximum atomic E-state index is 9.02. The Bertz CT molecular complexity index is 228. The van der Waals surface area contributed by atoms with Crippen LogP contribution in [0.5, 0.6) is 0 Å². The van der Waals surface area contributed by atoms with Crippen molar-refractivity contribution in [3.8, 4) is 6.07 Å². The van der Waals surface area contributed by atoms with Gasteiger partial charge in [0.05, 0.1) is 12.1 Å². The fourth-order valence-electron chi connectivity index (χ4n) is 1.94. The Balaban J connectivity index is 2.20. The number of hydrogen-bond acceptors (Lipinski definition) is 3. The van der Waals surface area contributed by atoms with Gasteiger partial charge in [0.1, 0.15) is 0 Å². The van der Waals surface area contributed by atoms with Crippen LogP contribution >= 0.6 is 0 Å². The Morgan fingerprint density at radius 3 is 2.56 bits per heavy atom. The molecule has 3 nitrogen and oxygen atoms in total. The lowest BCUT2D eigenvalue weighted by molar-refractivity contribution is 0.264. The van der Waals surface area contributed by atoms with Gasteiger partial charge < -0.3 is 4.90 Å². The van der Waals surface area contributed by atoms with Crippen molar-refractivity contribution in [2.45, 2.75) is 52.1 Å².